The number of aromatic nitrogens is 1. The Hall–Kier alpha value is -2.11. The first-order valence-corrected chi connectivity index (χ1v) is 6.15. The maximum atomic E-state index is 12.0. The van der Waals surface area contributed by atoms with Crippen molar-refractivity contribution >= 4 is 11.9 Å². The van der Waals surface area contributed by atoms with E-state index in [4.69, 9.17) is 9.84 Å². The van der Waals surface area contributed by atoms with Crippen molar-refractivity contribution in [3.05, 3.63) is 23.9 Å². The lowest BCUT2D eigenvalue weighted by molar-refractivity contribution is -0.137. The molecule has 0 radical (unpaired) electrons. The van der Waals surface area contributed by atoms with Crippen LogP contribution in [-0.4, -0.2) is 34.6 Å². The van der Waals surface area contributed by atoms with Gasteiger partial charge in [-0.25, -0.2) is 4.98 Å². The van der Waals surface area contributed by atoms with E-state index >= 15 is 0 Å². The Morgan fingerprint density at radius 1 is 1.53 bits per heavy atom. The first kappa shape index (κ1) is 14.9. The first-order valence-electron chi connectivity index (χ1n) is 6.15. The van der Waals surface area contributed by atoms with E-state index in [1.807, 2.05) is 6.92 Å². The molecule has 0 saturated carbocycles. The number of hydrogen-bond donors (Lipinski definition) is 2. The van der Waals surface area contributed by atoms with Crippen LogP contribution in [0.5, 0.6) is 5.88 Å². The van der Waals surface area contributed by atoms with Crippen LogP contribution in [0, 0.1) is 0 Å². The number of hydrogen-bond acceptors (Lipinski definition) is 4. The van der Waals surface area contributed by atoms with Crippen LogP contribution < -0.4 is 10.1 Å². The SMILES string of the molecule is CCOc1ncccc1C(=O)NC(C)CCC(=O)O. The van der Waals surface area contributed by atoms with Gasteiger partial charge in [-0.2, -0.15) is 0 Å². The Bertz CT molecular complexity index is 448. The van der Waals surface area contributed by atoms with Crippen molar-refractivity contribution in [1.29, 1.82) is 0 Å². The van der Waals surface area contributed by atoms with Crippen LogP contribution in [-0.2, 0) is 4.79 Å². The lowest BCUT2D eigenvalue weighted by Gasteiger charge is -2.14. The average Bonchev–Trinajstić information content (AvgIpc) is 2.37. The summed E-state index contributed by atoms with van der Waals surface area (Å²) in [5.74, 6) is -0.903. The number of rotatable bonds is 7. The summed E-state index contributed by atoms with van der Waals surface area (Å²) in [4.78, 5) is 26.5. The van der Waals surface area contributed by atoms with E-state index in [-0.39, 0.29) is 24.2 Å². The zero-order valence-corrected chi connectivity index (χ0v) is 11.0. The smallest absolute Gasteiger partial charge is 0.303 e. The van der Waals surface area contributed by atoms with Crippen LogP contribution in [0.4, 0.5) is 0 Å². The number of ether oxygens (including phenoxy) is 1. The Morgan fingerprint density at radius 3 is 2.89 bits per heavy atom. The Labute approximate surface area is 111 Å². The number of nitrogens with one attached hydrogen (secondary N) is 1. The molecule has 0 saturated heterocycles. The molecular weight excluding hydrogens is 248 g/mol. The highest BCUT2D eigenvalue weighted by Crippen LogP contribution is 2.14. The number of carboxylic acids is 1. The van der Waals surface area contributed by atoms with Gasteiger partial charge in [0.25, 0.3) is 5.91 Å². The summed E-state index contributed by atoms with van der Waals surface area (Å²) in [6.45, 7) is 4.00. The second-order valence-corrected chi connectivity index (χ2v) is 4.10. The number of amides is 1. The van der Waals surface area contributed by atoms with E-state index in [2.05, 4.69) is 10.3 Å². The van der Waals surface area contributed by atoms with Gasteiger partial charge in [0.1, 0.15) is 5.56 Å². The molecule has 0 aromatic carbocycles. The average molecular weight is 266 g/mol. The third kappa shape index (κ3) is 4.95. The first-order chi connectivity index (χ1) is 9.04. The fourth-order valence-electron chi connectivity index (χ4n) is 1.53. The highest BCUT2D eigenvalue weighted by atomic mass is 16.5. The van der Waals surface area contributed by atoms with Gasteiger partial charge >= 0.3 is 5.97 Å². The maximum absolute atomic E-state index is 12.0. The van der Waals surface area contributed by atoms with Gasteiger partial charge in [-0.3, -0.25) is 9.59 Å². The molecule has 1 heterocycles. The van der Waals surface area contributed by atoms with Crippen molar-refractivity contribution in [1.82, 2.24) is 10.3 Å². The molecule has 6 nitrogen and oxygen atoms in total. The highest BCUT2D eigenvalue weighted by Gasteiger charge is 2.15. The zero-order valence-electron chi connectivity index (χ0n) is 11.0. The number of nitrogens with zero attached hydrogens (tertiary/aromatic N) is 1. The van der Waals surface area contributed by atoms with E-state index in [0.29, 0.717) is 18.6 Å². The quantitative estimate of drug-likeness (QED) is 0.780. The largest absolute Gasteiger partial charge is 0.481 e. The van der Waals surface area contributed by atoms with Crippen LogP contribution >= 0.6 is 0 Å². The van der Waals surface area contributed by atoms with Gasteiger partial charge in [-0.15, -0.1) is 0 Å². The van der Waals surface area contributed by atoms with Crippen molar-refractivity contribution in [2.24, 2.45) is 0 Å². The standard InChI is InChI=1S/C13H18N2O4/c1-3-19-13-10(5-4-8-14-13)12(18)15-9(2)6-7-11(16)17/h4-5,8-9H,3,6-7H2,1-2H3,(H,15,18)(H,16,17). The molecule has 19 heavy (non-hydrogen) atoms. The van der Waals surface area contributed by atoms with Gasteiger partial charge in [0, 0.05) is 18.7 Å². The number of carbonyl (C=O) groups is 2. The molecule has 0 aliphatic rings. The molecule has 0 fully saturated rings. The van der Waals surface area contributed by atoms with Crippen LogP contribution in [0.1, 0.15) is 37.0 Å². The van der Waals surface area contributed by atoms with Gasteiger partial charge < -0.3 is 15.2 Å². The number of carboxylic acid groups (broad SMARTS) is 1. The second kappa shape index (κ2) is 7.35. The molecule has 2 N–H and O–H groups in total. The van der Waals surface area contributed by atoms with Gasteiger partial charge in [0.15, 0.2) is 0 Å². The van der Waals surface area contributed by atoms with Gasteiger partial charge in [0.2, 0.25) is 5.88 Å². The minimum Gasteiger partial charge on any atom is -0.481 e. The number of carbonyl (C=O) groups excluding carboxylic acids is 1. The summed E-state index contributed by atoms with van der Waals surface area (Å²) in [7, 11) is 0. The zero-order chi connectivity index (χ0) is 14.3. The fraction of sp³-hybridized carbons (Fsp3) is 0.462. The Kier molecular flexibility index (Phi) is 5.78. The monoisotopic (exact) mass is 266 g/mol. The van der Waals surface area contributed by atoms with Crippen LogP contribution in [0.15, 0.2) is 18.3 Å². The number of aliphatic carboxylic acids is 1. The molecule has 0 spiro atoms. The summed E-state index contributed by atoms with van der Waals surface area (Å²) in [6, 6.07) is 3.05. The normalized spacial score (nSPS) is 11.7. The third-order valence-electron chi connectivity index (χ3n) is 2.47. The Balaban J connectivity index is 2.64. The van der Waals surface area contributed by atoms with Crippen molar-refractivity contribution in [2.75, 3.05) is 6.61 Å². The summed E-state index contributed by atoms with van der Waals surface area (Å²) < 4.78 is 5.27. The van der Waals surface area contributed by atoms with Crippen molar-refractivity contribution < 1.29 is 19.4 Å². The molecule has 1 atom stereocenters. The lowest BCUT2D eigenvalue weighted by atomic mass is 10.1. The molecule has 0 bridgehead atoms. The third-order valence-corrected chi connectivity index (χ3v) is 2.47. The maximum Gasteiger partial charge on any atom is 0.303 e. The van der Waals surface area contributed by atoms with Crippen molar-refractivity contribution in [3.8, 4) is 5.88 Å². The van der Waals surface area contributed by atoms with Crippen LogP contribution in [0.25, 0.3) is 0 Å². The highest BCUT2D eigenvalue weighted by molar-refractivity contribution is 5.96. The van der Waals surface area contributed by atoms with Crippen molar-refractivity contribution in [3.63, 3.8) is 0 Å². The molecule has 0 aliphatic carbocycles. The predicted molar refractivity (Wildman–Crippen MR) is 69.2 cm³/mol. The molecule has 1 aromatic heterocycles. The van der Waals surface area contributed by atoms with Gasteiger partial charge in [0.05, 0.1) is 6.61 Å². The molecule has 1 amide bonds. The minimum atomic E-state index is -0.877. The summed E-state index contributed by atoms with van der Waals surface area (Å²) in [6.07, 6.45) is 1.95. The lowest BCUT2D eigenvalue weighted by Crippen LogP contribution is -2.33. The Morgan fingerprint density at radius 2 is 2.26 bits per heavy atom. The minimum absolute atomic E-state index is 0.0206. The summed E-state index contributed by atoms with van der Waals surface area (Å²) >= 11 is 0. The van der Waals surface area contributed by atoms with Crippen LogP contribution in [0.3, 0.4) is 0 Å². The molecule has 1 unspecified atom stereocenters. The molecule has 104 valence electrons. The molecule has 6 heteroatoms. The topological polar surface area (TPSA) is 88.5 Å². The molecular formula is C13H18N2O4. The second-order valence-electron chi connectivity index (χ2n) is 4.10. The van der Waals surface area contributed by atoms with E-state index in [9.17, 15) is 9.59 Å². The van der Waals surface area contributed by atoms with E-state index < -0.39 is 5.97 Å². The molecule has 1 aromatic rings. The van der Waals surface area contributed by atoms with Gasteiger partial charge in [-0.1, -0.05) is 0 Å². The van der Waals surface area contributed by atoms with E-state index in [0.717, 1.165) is 0 Å². The number of pyridine rings is 1. The van der Waals surface area contributed by atoms with E-state index in [1.54, 1.807) is 25.3 Å². The molecule has 1 rings (SSSR count). The predicted octanol–water partition coefficient (Wildman–Crippen LogP) is 1.46. The summed E-state index contributed by atoms with van der Waals surface area (Å²) in [5, 5.41) is 11.3. The van der Waals surface area contributed by atoms with E-state index in [1.165, 1.54) is 0 Å². The summed E-state index contributed by atoms with van der Waals surface area (Å²) in [5.41, 5.74) is 0.353. The van der Waals surface area contributed by atoms with Gasteiger partial charge in [-0.05, 0) is 32.4 Å². The van der Waals surface area contributed by atoms with Crippen LogP contribution in [0.2, 0.25) is 0 Å². The fourth-order valence-corrected chi connectivity index (χ4v) is 1.53. The van der Waals surface area contributed by atoms with Crippen molar-refractivity contribution in [2.45, 2.75) is 32.7 Å². The molecule has 0 aliphatic heterocycles.